The number of dihydropyridines is 1. The summed E-state index contributed by atoms with van der Waals surface area (Å²) in [7, 11) is 1.59. The Morgan fingerprint density at radius 2 is 1.67 bits per heavy atom. The number of nitrogens with one attached hydrogen (secondary N) is 1. The van der Waals surface area contributed by atoms with E-state index in [1.807, 2.05) is 49.4 Å². The van der Waals surface area contributed by atoms with Crippen LogP contribution in [-0.4, -0.2) is 18.9 Å². The molecule has 5 heteroatoms. The SMILES string of the molecule is COc1ccc(OC(=O)C2=C(C)NC3=C(C(=O)CCC3)C2c2cccc3ccccc23)cc1. The molecule has 0 aromatic heterocycles. The van der Waals surface area contributed by atoms with Crippen molar-refractivity contribution in [3.05, 3.63) is 94.8 Å². The van der Waals surface area contributed by atoms with Gasteiger partial charge in [-0.2, -0.15) is 0 Å². The van der Waals surface area contributed by atoms with Crippen LogP contribution < -0.4 is 14.8 Å². The lowest BCUT2D eigenvalue weighted by Crippen LogP contribution is -2.35. The van der Waals surface area contributed by atoms with E-state index in [0.717, 1.165) is 40.6 Å². The quantitative estimate of drug-likeness (QED) is 0.434. The summed E-state index contributed by atoms with van der Waals surface area (Å²) in [5, 5.41) is 5.45. The van der Waals surface area contributed by atoms with Gasteiger partial charge in [-0.1, -0.05) is 42.5 Å². The van der Waals surface area contributed by atoms with Gasteiger partial charge in [0.2, 0.25) is 0 Å². The Morgan fingerprint density at radius 1 is 0.939 bits per heavy atom. The van der Waals surface area contributed by atoms with Crippen LogP contribution in [0.1, 0.15) is 37.7 Å². The van der Waals surface area contributed by atoms with Crippen LogP contribution in [0.25, 0.3) is 10.8 Å². The van der Waals surface area contributed by atoms with Crippen LogP contribution in [0.3, 0.4) is 0 Å². The molecule has 0 bridgehead atoms. The number of allylic oxidation sites excluding steroid dienone is 3. The molecule has 0 amide bonds. The molecule has 3 aromatic rings. The molecule has 166 valence electrons. The number of carbonyl (C=O) groups excluding carboxylic acids is 2. The Morgan fingerprint density at radius 3 is 2.45 bits per heavy atom. The van der Waals surface area contributed by atoms with Gasteiger partial charge in [0.05, 0.1) is 12.7 Å². The summed E-state index contributed by atoms with van der Waals surface area (Å²) in [4.78, 5) is 26.7. The average Bonchev–Trinajstić information content (AvgIpc) is 2.83. The van der Waals surface area contributed by atoms with Crippen LogP contribution in [0.15, 0.2) is 89.3 Å². The summed E-state index contributed by atoms with van der Waals surface area (Å²) >= 11 is 0. The van der Waals surface area contributed by atoms with E-state index in [1.54, 1.807) is 31.4 Å². The minimum absolute atomic E-state index is 0.0870. The maximum Gasteiger partial charge on any atom is 0.342 e. The zero-order valence-electron chi connectivity index (χ0n) is 18.7. The summed E-state index contributed by atoms with van der Waals surface area (Å²) < 4.78 is 11.0. The second-order valence-electron chi connectivity index (χ2n) is 8.40. The number of esters is 1. The molecular weight excluding hydrogens is 414 g/mol. The highest BCUT2D eigenvalue weighted by atomic mass is 16.5. The highest BCUT2D eigenvalue weighted by Gasteiger charge is 2.39. The second-order valence-corrected chi connectivity index (χ2v) is 8.40. The summed E-state index contributed by atoms with van der Waals surface area (Å²) in [6.45, 7) is 1.88. The van der Waals surface area contributed by atoms with E-state index in [0.29, 0.717) is 29.1 Å². The number of methoxy groups -OCH3 is 1. The van der Waals surface area contributed by atoms with Crippen molar-refractivity contribution in [2.45, 2.75) is 32.1 Å². The summed E-state index contributed by atoms with van der Waals surface area (Å²) in [6, 6.07) is 21.0. The zero-order chi connectivity index (χ0) is 22.9. The van der Waals surface area contributed by atoms with E-state index in [2.05, 4.69) is 5.32 Å². The van der Waals surface area contributed by atoms with E-state index in [4.69, 9.17) is 9.47 Å². The minimum Gasteiger partial charge on any atom is -0.497 e. The lowest BCUT2D eigenvalue weighted by atomic mass is 9.74. The Balaban J connectivity index is 1.63. The van der Waals surface area contributed by atoms with Crippen molar-refractivity contribution in [1.82, 2.24) is 5.32 Å². The number of ether oxygens (including phenoxy) is 2. The van der Waals surface area contributed by atoms with E-state index in [-0.39, 0.29) is 5.78 Å². The average molecular weight is 440 g/mol. The van der Waals surface area contributed by atoms with Crippen LogP contribution in [-0.2, 0) is 9.59 Å². The molecule has 1 heterocycles. The monoisotopic (exact) mass is 439 g/mol. The second kappa shape index (κ2) is 8.58. The zero-order valence-corrected chi connectivity index (χ0v) is 18.7. The van der Waals surface area contributed by atoms with Gasteiger partial charge in [0.15, 0.2) is 5.78 Å². The van der Waals surface area contributed by atoms with Gasteiger partial charge in [-0.25, -0.2) is 4.79 Å². The molecule has 33 heavy (non-hydrogen) atoms. The van der Waals surface area contributed by atoms with Gasteiger partial charge in [-0.15, -0.1) is 0 Å². The van der Waals surface area contributed by atoms with Crippen molar-refractivity contribution < 1.29 is 19.1 Å². The Labute approximate surface area is 192 Å². The predicted molar refractivity (Wildman–Crippen MR) is 127 cm³/mol. The molecule has 1 N–H and O–H groups in total. The first-order chi connectivity index (χ1) is 16.1. The largest absolute Gasteiger partial charge is 0.497 e. The maximum absolute atomic E-state index is 13.5. The molecule has 1 unspecified atom stereocenters. The van der Waals surface area contributed by atoms with Crippen LogP contribution in [0, 0.1) is 0 Å². The van der Waals surface area contributed by atoms with Crippen LogP contribution in [0.4, 0.5) is 0 Å². The lowest BCUT2D eigenvalue weighted by molar-refractivity contribution is -0.130. The summed E-state index contributed by atoms with van der Waals surface area (Å²) in [5.41, 5.74) is 3.74. The number of ketones is 1. The molecule has 0 saturated heterocycles. The fraction of sp³-hybridized carbons (Fsp3) is 0.214. The number of benzene rings is 3. The van der Waals surface area contributed by atoms with Gasteiger partial charge >= 0.3 is 5.97 Å². The maximum atomic E-state index is 13.5. The van der Waals surface area contributed by atoms with Gasteiger partial charge in [-0.05, 0) is 60.4 Å². The predicted octanol–water partition coefficient (Wildman–Crippen LogP) is 5.42. The molecule has 0 saturated carbocycles. The molecule has 2 aliphatic rings. The molecule has 1 aliphatic carbocycles. The molecule has 3 aromatic carbocycles. The Hall–Kier alpha value is -3.86. The lowest BCUT2D eigenvalue weighted by Gasteiger charge is -2.34. The van der Waals surface area contributed by atoms with Crippen molar-refractivity contribution >= 4 is 22.5 Å². The Kier molecular flexibility index (Phi) is 5.47. The smallest absolute Gasteiger partial charge is 0.342 e. The van der Waals surface area contributed by atoms with Crippen LogP contribution in [0.2, 0.25) is 0 Å². The third-order valence-corrected chi connectivity index (χ3v) is 6.40. The topological polar surface area (TPSA) is 64.6 Å². The van der Waals surface area contributed by atoms with Gasteiger partial charge in [0, 0.05) is 29.3 Å². The van der Waals surface area contributed by atoms with Crippen molar-refractivity contribution in [3.8, 4) is 11.5 Å². The van der Waals surface area contributed by atoms with Crippen molar-refractivity contribution in [1.29, 1.82) is 0 Å². The van der Waals surface area contributed by atoms with Crippen LogP contribution >= 0.6 is 0 Å². The first kappa shape index (κ1) is 21.0. The van der Waals surface area contributed by atoms with Crippen molar-refractivity contribution in [2.24, 2.45) is 0 Å². The van der Waals surface area contributed by atoms with E-state index >= 15 is 0 Å². The number of fused-ring (bicyclic) bond motifs is 1. The fourth-order valence-electron chi connectivity index (χ4n) is 4.87. The van der Waals surface area contributed by atoms with Gasteiger partial charge in [0.25, 0.3) is 0 Å². The Bertz CT molecular complexity index is 1310. The fourth-order valence-corrected chi connectivity index (χ4v) is 4.87. The highest BCUT2D eigenvalue weighted by Crippen LogP contribution is 2.44. The minimum atomic E-state index is -0.481. The van der Waals surface area contributed by atoms with E-state index in [1.165, 1.54) is 0 Å². The third kappa shape index (κ3) is 3.80. The molecule has 0 fully saturated rings. The third-order valence-electron chi connectivity index (χ3n) is 6.40. The first-order valence-electron chi connectivity index (χ1n) is 11.1. The van der Waals surface area contributed by atoms with Gasteiger partial charge in [-0.3, -0.25) is 4.79 Å². The van der Waals surface area contributed by atoms with Gasteiger partial charge in [0.1, 0.15) is 11.5 Å². The number of carbonyl (C=O) groups is 2. The van der Waals surface area contributed by atoms with E-state index < -0.39 is 11.9 Å². The summed E-state index contributed by atoms with van der Waals surface area (Å²) in [6.07, 6.45) is 2.09. The van der Waals surface area contributed by atoms with Crippen LogP contribution in [0.5, 0.6) is 11.5 Å². The molecule has 1 atom stereocenters. The number of hydrogen-bond acceptors (Lipinski definition) is 5. The standard InChI is InChI=1S/C28H25NO4/c1-17-25(28(31)33-20-15-13-19(32-2)14-16-20)26(27-23(29-17)11-6-12-24(27)30)22-10-5-8-18-7-3-4-9-21(18)22/h3-5,7-10,13-16,26,29H,6,11-12H2,1-2H3. The van der Waals surface area contributed by atoms with Gasteiger partial charge < -0.3 is 14.8 Å². The molecule has 0 radical (unpaired) electrons. The van der Waals surface area contributed by atoms with E-state index in [9.17, 15) is 9.59 Å². The number of Topliss-reactive ketones (excluding diaryl/α,β-unsaturated/α-hetero) is 1. The highest BCUT2D eigenvalue weighted by molar-refractivity contribution is 6.05. The normalized spacial score (nSPS) is 18.1. The van der Waals surface area contributed by atoms with Crippen molar-refractivity contribution in [3.63, 3.8) is 0 Å². The number of hydrogen-bond donors (Lipinski definition) is 1. The summed E-state index contributed by atoms with van der Waals surface area (Å²) in [5.74, 6) is 0.246. The van der Waals surface area contributed by atoms with Crippen molar-refractivity contribution in [2.75, 3.05) is 7.11 Å². The molecular formula is C28H25NO4. The molecule has 0 spiro atoms. The molecule has 1 aliphatic heterocycles. The molecule has 5 rings (SSSR count). The molecule has 5 nitrogen and oxygen atoms in total. The first-order valence-corrected chi connectivity index (χ1v) is 11.1. The number of rotatable bonds is 4.